The van der Waals surface area contributed by atoms with Crippen LogP contribution in [-0.4, -0.2) is 11.5 Å². The first kappa shape index (κ1) is 10.4. The molecule has 0 radical (unpaired) electrons. The van der Waals surface area contributed by atoms with Crippen LogP contribution >= 0.6 is 22.7 Å². The second-order valence-corrected chi connectivity index (χ2v) is 6.14. The molecule has 84 valence electrons. The van der Waals surface area contributed by atoms with Gasteiger partial charge in [-0.2, -0.15) is 0 Å². The van der Waals surface area contributed by atoms with E-state index < -0.39 is 0 Å². The highest BCUT2D eigenvalue weighted by Crippen LogP contribution is 2.30. The standard InChI is InChI=1S/C12H14N2S2/c1-8-14-10(7-16-8)6-11-12-9(2-4-13-11)3-5-15-12/h3,5,7,11,13H,2,4,6H2,1H3. The molecule has 1 aliphatic heterocycles. The van der Waals surface area contributed by atoms with Crippen LogP contribution in [0.3, 0.4) is 0 Å². The number of thiophene rings is 1. The average Bonchev–Trinajstić information content (AvgIpc) is 2.87. The number of rotatable bonds is 2. The Balaban J connectivity index is 1.82. The minimum atomic E-state index is 0.477. The van der Waals surface area contributed by atoms with Gasteiger partial charge in [0.15, 0.2) is 0 Å². The van der Waals surface area contributed by atoms with Crippen molar-refractivity contribution in [2.24, 2.45) is 0 Å². The van der Waals surface area contributed by atoms with Gasteiger partial charge in [0.2, 0.25) is 0 Å². The molecule has 0 bridgehead atoms. The van der Waals surface area contributed by atoms with Crippen LogP contribution in [-0.2, 0) is 12.8 Å². The molecule has 0 amide bonds. The highest BCUT2D eigenvalue weighted by molar-refractivity contribution is 7.10. The molecule has 4 heteroatoms. The van der Waals surface area contributed by atoms with Crippen molar-refractivity contribution in [1.82, 2.24) is 10.3 Å². The van der Waals surface area contributed by atoms with Gasteiger partial charge < -0.3 is 5.32 Å². The van der Waals surface area contributed by atoms with E-state index in [1.807, 2.05) is 11.3 Å². The maximum absolute atomic E-state index is 4.55. The molecule has 1 unspecified atom stereocenters. The number of hydrogen-bond donors (Lipinski definition) is 1. The molecule has 0 saturated heterocycles. The number of thiazole rings is 1. The van der Waals surface area contributed by atoms with Crippen LogP contribution in [0.25, 0.3) is 0 Å². The molecule has 0 fully saturated rings. The lowest BCUT2D eigenvalue weighted by Crippen LogP contribution is -2.30. The SMILES string of the molecule is Cc1nc(CC2NCCc3ccsc32)cs1. The maximum atomic E-state index is 4.55. The predicted octanol–water partition coefficient (Wildman–Crippen LogP) is 2.94. The van der Waals surface area contributed by atoms with Gasteiger partial charge in [-0.25, -0.2) is 4.98 Å². The van der Waals surface area contributed by atoms with Crippen molar-refractivity contribution >= 4 is 22.7 Å². The van der Waals surface area contributed by atoms with Crippen molar-refractivity contribution in [2.75, 3.05) is 6.54 Å². The van der Waals surface area contributed by atoms with E-state index in [1.54, 1.807) is 11.3 Å². The van der Waals surface area contributed by atoms with Crippen LogP contribution in [0.4, 0.5) is 0 Å². The Kier molecular flexibility index (Phi) is 2.79. The Hall–Kier alpha value is -0.710. The van der Waals surface area contributed by atoms with Gasteiger partial charge in [0.1, 0.15) is 0 Å². The highest BCUT2D eigenvalue weighted by atomic mass is 32.1. The third kappa shape index (κ3) is 1.93. The number of nitrogens with zero attached hydrogens (tertiary/aromatic N) is 1. The Morgan fingerprint density at radius 1 is 1.50 bits per heavy atom. The molecule has 3 rings (SSSR count). The number of aryl methyl sites for hydroxylation is 1. The molecule has 2 aromatic heterocycles. The van der Waals surface area contributed by atoms with Crippen LogP contribution in [0.15, 0.2) is 16.8 Å². The van der Waals surface area contributed by atoms with Gasteiger partial charge in [0.05, 0.1) is 10.7 Å². The molecule has 16 heavy (non-hydrogen) atoms. The summed E-state index contributed by atoms with van der Waals surface area (Å²) in [7, 11) is 0. The monoisotopic (exact) mass is 250 g/mol. The van der Waals surface area contributed by atoms with E-state index in [9.17, 15) is 0 Å². The second-order valence-electron chi connectivity index (χ2n) is 4.13. The predicted molar refractivity (Wildman–Crippen MR) is 69.3 cm³/mol. The zero-order valence-corrected chi connectivity index (χ0v) is 10.8. The van der Waals surface area contributed by atoms with Crippen molar-refractivity contribution < 1.29 is 0 Å². The van der Waals surface area contributed by atoms with Gasteiger partial charge >= 0.3 is 0 Å². The number of hydrogen-bond acceptors (Lipinski definition) is 4. The van der Waals surface area contributed by atoms with Gasteiger partial charge in [-0.1, -0.05) is 0 Å². The fraction of sp³-hybridized carbons (Fsp3) is 0.417. The molecule has 0 saturated carbocycles. The third-order valence-electron chi connectivity index (χ3n) is 2.96. The molecule has 0 spiro atoms. The van der Waals surface area contributed by atoms with Gasteiger partial charge in [0.25, 0.3) is 0 Å². The third-order valence-corrected chi connectivity index (χ3v) is 4.86. The number of aromatic nitrogens is 1. The smallest absolute Gasteiger partial charge is 0.0897 e. The zero-order valence-electron chi connectivity index (χ0n) is 9.19. The normalized spacial score (nSPS) is 19.7. The van der Waals surface area contributed by atoms with Crippen molar-refractivity contribution in [2.45, 2.75) is 25.8 Å². The van der Waals surface area contributed by atoms with E-state index in [0.29, 0.717) is 6.04 Å². The quantitative estimate of drug-likeness (QED) is 0.886. The molecule has 2 nitrogen and oxygen atoms in total. The first-order valence-corrected chi connectivity index (χ1v) is 7.29. The van der Waals surface area contributed by atoms with Crippen LogP contribution in [0.5, 0.6) is 0 Å². The summed E-state index contributed by atoms with van der Waals surface area (Å²) in [5, 5.41) is 9.14. The molecule has 2 aromatic rings. The molecule has 3 heterocycles. The van der Waals surface area contributed by atoms with Crippen LogP contribution in [0.2, 0.25) is 0 Å². The average molecular weight is 250 g/mol. The minimum Gasteiger partial charge on any atom is -0.309 e. The zero-order chi connectivity index (χ0) is 11.0. The summed E-state index contributed by atoms with van der Waals surface area (Å²) >= 11 is 3.61. The molecule has 1 N–H and O–H groups in total. The summed E-state index contributed by atoms with van der Waals surface area (Å²) in [6.07, 6.45) is 2.20. The second kappa shape index (κ2) is 4.28. The first-order chi connectivity index (χ1) is 7.83. The lowest BCUT2D eigenvalue weighted by atomic mass is 10.0. The molecule has 0 aromatic carbocycles. The van der Waals surface area contributed by atoms with Crippen molar-refractivity contribution in [3.63, 3.8) is 0 Å². The Bertz CT molecular complexity index is 487. The fourth-order valence-corrected chi connectivity index (χ4v) is 3.87. The van der Waals surface area contributed by atoms with Crippen LogP contribution in [0, 0.1) is 6.92 Å². The molecule has 1 aliphatic rings. The number of fused-ring (bicyclic) bond motifs is 1. The van der Waals surface area contributed by atoms with E-state index >= 15 is 0 Å². The largest absolute Gasteiger partial charge is 0.309 e. The summed E-state index contributed by atoms with van der Waals surface area (Å²) in [5.41, 5.74) is 2.75. The summed E-state index contributed by atoms with van der Waals surface area (Å²) in [6, 6.07) is 2.74. The molecular weight excluding hydrogens is 236 g/mol. The van der Waals surface area contributed by atoms with Gasteiger partial charge in [0, 0.05) is 22.7 Å². The van der Waals surface area contributed by atoms with Gasteiger partial charge in [-0.05, 0) is 36.9 Å². The summed E-state index contributed by atoms with van der Waals surface area (Å²) < 4.78 is 0. The molecular formula is C12H14N2S2. The van der Waals surface area contributed by atoms with Gasteiger partial charge in [-0.3, -0.25) is 0 Å². The van der Waals surface area contributed by atoms with E-state index in [1.165, 1.54) is 22.6 Å². The molecule has 1 atom stereocenters. The lowest BCUT2D eigenvalue weighted by molar-refractivity contribution is 0.508. The van der Waals surface area contributed by atoms with Crippen molar-refractivity contribution in [3.05, 3.63) is 38.0 Å². The summed E-state index contributed by atoms with van der Waals surface area (Å²) in [4.78, 5) is 6.06. The van der Waals surface area contributed by atoms with E-state index in [2.05, 4.69) is 34.1 Å². The Morgan fingerprint density at radius 2 is 2.44 bits per heavy atom. The van der Waals surface area contributed by atoms with Crippen molar-refractivity contribution in [3.8, 4) is 0 Å². The van der Waals surface area contributed by atoms with Gasteiger partial charge in [-0.15, -0.1) is 22.7 Å². The van der Waals surface area contributed by atoms with Crippen LogP contribution < -0.4 is 5.32 Å². The van der Waals surface area contributed by atoms with Crippen LogP contribution in [0.1, 0.15) is 27.2 Å². The van der Waals surface area contributed by atoms with E-state index in [-0.39, 0.29) is 0 Å². The van der Waals surface area contributed by atoms with E-state index in [4.69, 9.17) is 0 Å². The highest BCUT2D eigenvalue weighted by Gasteiger charge is 2.21. The maximum Gasteiger partial charge on any atom is 0.0897 e. The Labute approximate surface area is 103 Å². The fourth-order valence-electron chi connectivity index (χ4n) is 2.21. The lowest BCUT2D eigenvalue weighted by Gasteiger charge is -2.23. The summed E-state index contributed by atoms with van der Waals surface area (Å²) in [6.45, 7) is 3.16. The summed E-state index contributed by atoms with van der Waals surface area (Å²) in [5.74, 6) is 0. The van der Waals surface area contributed by atoms with E-state index in [0.717, 1.165) is 18.0 Å². The van der Waals surface area contributed by atoms with Crippen molar-refractivity contribution in [1.29, 1.82) is 0 Å². The molecule has 0 aliphatic carbocycles. The first-order valence-electron chi connectivity index (χ1n) is 5.53. The number of nitrogens with one attached hydrogen (secondary N) is 1. The minimum absolute atomic E-state index is 0.477. The Morgan fingerprint density at radius 3 is 3.25 bits per heavy atom. The topological polar surface area (TPSA) is 24.9 Å².